The summed E-state index contributed by atoms with van der Waals surface area (Å²) < 4.78 is 4.91. The molecular formula is C6H10N4O2S. The first kappa shape index (κ1) is 10.0. The van der Waals surface area contributed by atoms with E-state index in [1.54, 1.807) is 0 Å². The van der Waals surface area contributed by atoms with Crippen molar-refractivity contribution in [2.45, 2.75) is 0 Å². The van der Waals surface area contributed by atoms with Crippen LogP contribution in [-0.4, -0.2) is 35.9 Å². The van der Waals surface area contributed by atoms with E-state index in [1.165, 1.54) is 16.8 Å². The Hall–Kier alpha value is -1.05. The Kier molecular flexibility index (Phi) is 4.30. The molecule has 0 unspecified atom stereocenters. The minimum atomic E-state index is -0.245. The van der Waals surface area contributed by atoms with Crippen molar-refractivity contribution in [3.63, 3.8) is 0 Å². The molecule has 1 rings (SSSR count). The molecule has 0 saturated heterocycles. The molecule has 7 heteroatoms. The molecule has 0 radical (unpaired) electrons. The van der Waals surface area contributed by atoms with Crippen molar-refractivity contribution in [2.24, 2.45) is 5.73 Å². The molecule has 1 amide bonds. The third kappa shape index (κ3) is 3.92. The van der Waals surface area contributed by atoms with Gasteiger partial charge in [0.05, 0.1) is 6.61 Å². The molecule has 3 N–H and O–H groups in total. The Morgan fingerprint density at radius 3 is 3.23 bits per heavy atom. The standard InChI is InChI=1S/C6H10N4O2S/c7-1-2-12-3-5(11)9-6-10-8-4-13-6/h4H,1-3,7H2,(H,9,10,11). The molecule has 0 atom stereocenters. The van der Waals surface area contributed by atoms with E-state index >= 15 is 0 Å². The molecule has 0 spiro atoms. The summed E-state index contributed by atoms with van der Waals surface area (Å²) in [4.78, 5) is 11.0. The smallest absolute Gasteiger partial charge is 0.252 e. The second-order valence-electron chi connectivity index (χ2n) is 2.13. The van der Waals surface area contributed by atoms with Crippen LogP contribution in [-0.2, 0) is 9.53 Å². The number of carbonyl (C=O) groups is 1. The maximum atomic E-state index is 11.0. The number of nitrogens with two attached hydrogens (primary N) is 1. The zero-order valence-corrected chi connectivity index (χ0v) is 7.71. The van der Waals surface area contributed by atoms with Gasteiger partial charge < -0.3 is 10.5 Å². The van der Waals surface area contributed by atoms with Crippen LogP contribution < -0.4 is 11.1 Å². The predicted molar refractivity (Wildman–Crippen MR) is 48.4 cm³/mol. The van der Waals surface area contributed by atoms with E-state index in [2.05, 4.69) is 15.5 Å². The molecule has 72 valence electrons. The lowest BCUT2D eigenvalue weighted by Gasteiger charge is -2.01. The fourth-order valence-corrected chi connectivity index (χ4v) is 1.09. The number of aromatic nitrogens is 2. The SMILES string of the molecule is NCCOCC(=O)Nc1nncs1. The fraction of sp³-hybridized carbons (Fsp3) is 0.500. The minimum Gasteiger partial charge on any atom is -0.370 e. The second kappa shape index (κ2) is 5.57. The van der Waals surface area contributed by atoms with Gasteiger partial charge in [-0.05, 0) is 0 Å². The van der Waals surface area contributed by atoms with Crippen LogP contribution in [0.3, 0.4) is 0 Å². The second-order valence-corrected chi connectivity index (χ2v) is 2.97. The Morgan fingerprint density at radius 1 is 1.77 bits per heavy atom. The van der Waals surface area contributed by atoms with Crippen molar-refractivity contribution in [2.75, 3.05) is 25.1 Å². The Labute approximate surface area is 79.1 Å². The molecule has 0 aliphatic heterocycles. The molecule has 1 aromatic heterocycles. The molecule has 0 aliphatic rings. The minimum absolute atomic E-state index is 0.00319. The van der Waals surface area contributed by atoms with E-state index < -0.39 is 0 Å². The van der Waals surface area contributed by atoms with Crippen molar-refractivity contribution in [1.29, 1.82) is 0 Å². The van der Waals surface area contributed by atoms with E-state index in [0.29, 0.717) is 18.3 Å². The van der Waals surface area contributed by atoms with Gasteiger partial charge in [0.25, 0.3) is 5.91 Å². The highest BCUT2D eigenvalue weighted by atomic mass is 32.1. The molecule has 13 heavy (non-hydrogen) atoms. The lowest BCUT2D eigenvalue weighted by Crippen LogP contribution is -2.20. The number of anilines is 1. The van der Waals surface area contributed by atoms with Crippen molar-refractivity contribution in [3.05, 3.63) is 5.51 Å². The fourth-order valence-electron chi connectivity index (χ4n) is 0.631. The normalized spacial score (nSPS) is 9.92. The zero-order valence-electron chi connectivity index (χ0n) is 6.90. The third-order valence-corrected chi connectivity index (χ3v) is 1.71. The van der Waals surface area contributed by atoms with Gasteiger partial charge in [-0.15, -0.1) is 10.2 Å². The first-order chi connectivity index (χ1) is 6.33. The Balaban J connectivity index is 2.18. The highest BCUT2D eigenvalue weighted by Gasteiger charge is 2.03. The number of carbonyl (C=O) groups excluding carboxylic acids is 1. The molecule has 6 nitrogen and oxygen atoms in total. The van der Waals surface area contributed by atoms with E-state index in [0.717, 1.165) is 0 Å². The molecule has 1 heterocycles. The highest BCUT2D eigenvalue weighted by Crippen LogP contribution is 2.06. The number of hydrogen-bond acceptors (Lipinski definition) is 6. The maximum Gasteiger partial charge on any atom is 0.252 e. The summed E-state index contributed by atoms with van der Waals surface area (Å²) in [6.45, 7) is 0.784. The number of ether oxygens (including phenoxy) is 1. The number of rotatable bonds is 5. The summed E-state index contributed by atoms with van der Waals surface area (Å²) in [6, 6.07) is 0. The first-order valence-corrected chi connectivity index (χ1v) is 4.54. The molecule has 0 saturated carbocycles. The summed E-state index contributed by atoms with van der Waals surface area (Å²) in [5.74, 6) is -0.245. The summed E-state index contributed by atoms with van der Waals surface area (Å²) in [6.07, 6.45) is 0. The van der Waals surface area contributed by atoms with Gasteiger partial charge in [-0.25, -0.2) is 0 Å². The van der Waals surface area contributed by atoms with Crippen LogP contribution in [0.2, 0.25) is 0 Å². The van der Waals surface area contributed by atoms with Crippen molar-refractivity contribution >= 4 is 22.4 Å². The average molecular weight is 202 g/mol. The van der Waals surface area contributed by atoms with Crippen molar-refractivity contribution in [1.82, 2.24) is 10.2 Å². The van der Waals surface area contributed by atoms with E-state index in [9.17, 15) is 4.79 Å². The topological polar surface area (TPSA) is 90.1 Å². The highest BCUT2D eigenvalue weighted by molar-refractivity contribution is 7.13. The van der Waals surface area contributed by atoms with Crippen LogP contribution >= 0.6 is 11.3 Å². The van der Waals surface area contributed by atoms with E-state index in [1.807, 2.05) is 0 Å². The van der Waals surface area contributed by atoms with Gasteiger partial charge in [-0.2, -0.15) is 0 Å². The van der Waals surface area contributed by atoms with Gasteiger partial charge in [-0.3, -0.25) is 10.1 Å². The van der Waals surface area contributed by atoms with Crippen LogP contribution in [0, 0.1) is 0 Å². The van der Waals surface area contributed by atoms with E-state index in [4.69, 9.17) is 10.5 Å². The predicted octanol–water partition coefficient (Wildman–Crippen LogP) is -0.548. The molecule has 1 aromatic rings. The van der Waals surface area contributed by atoms with Gasteiger partial charge in [0.15, 0.2) is 0 Å². The van der Waals surface area contributed by atoms with Gasteiger partial charge in [0, 0.05) is 6.54 Å². The average Bonchev–Trinajstić information content (AvgIpc) is 2.57. The van der Waals surface area contributed by atoms with Crippen LogP contribution in [0.5, 0.6) is 0 Å². The summed E-state index contributed by atoms with van der Waals surface area (Å²) >= 11 is 1.26. The zero-order chi connectivity index (χ0) is 9.52. The van der Waals surface area contributed by atoms with Crippen molar-refractivity contribution < 1.29 is 9.53 Å². The lowest BCUT2D eigenvalue weighted by molar-refractivity contribution is -0.120. The van der Waals surface area contributed by atoms with Gasteiger partial charge in [0.2, 0.25) is 5.13 Å². The largest absolute Gasteiger partial charge is 0.370 e. The van der Waals surface area contributed by atoms with Gasteiger partial charge in [0.1, 0.15) is 12.1 Å². The monoisotopic (exact) mass is 202 g/mol. The van der Waals surface area contributed by atoms with Crippen LogP contribution in [0.1, 0.15) is 0 Å². The Morgan fingerprint density at radius 2 is 2.62 bits per heavy atom. The number of hydrogen-bond donors (Lipinski definition) is 2. The van der Waals surface area contributed by atoms with Gasteiger partial charge >= 0.3 is 0 Å². The van der Waals surface area contributed by atoms with Crippen molar-refractivity contribution in [3.8, 4) is 0 Å². The Bertz CT molecular complexity index is 251. The summed E-state index contributed by atoms with van der Waals surface area (Å²) in [5.41, 5.74) is 6.71. The maximum absolute atomic E-state index is 11.0. The summed E-state index contributed by atoms with van der Waals surface area (Å²) in [5, 5.41) is 10.2. The molecular weight excluding hydrogens is 192 g/mol. The number of nitrogens with zero attached hydrogens (tertiary/aromatic N) is 2. The van der Waals surface area contributed by atoms with Crippen LogP contribution in [0.4, 0.5) is 5.13 Å². The quantitative estimate of drug-likeness (QED) is 0.625. The van der Waals surface area contributed by atoms with Gasteiger partial charge in [-0.1, -0.05) is 11.3 Å². The number of nitrogens with one attached hydrogen (secondary N) is 1. The van der Waals surface area contributed by atoms with Crippen LogP contribution in [0.25, 0.3) is 0 Å². The number of amides is 1. The lowest BCUT2D eigenvalue weighted by atomic mass is 10.6. The molecule has 0 aromatic carbocycles. The molecule has 0 aliphatic carbocycles. The first-order valence-electron chi connectivity index (χ1n) is 3.66. The molecule has 0 bridgehead atoms. The third-order valence-electron chi connectivity index (χ3n) is 1.10. The summed E-state index contributed by atoms with van der Waals surface area (Å²) in [7, 11) is 0. The van der Waals surface area contributed by atoms with Crippen LogP contribution in [0.15, 0.2) is 5.51 Å². The molecule has 0 fully saturated rings. The van der Waals surface area contributed by atoms with E-state index in [-0.39, 0.29) is 12.5 Å².